The summed E-state index contributed by atoms with van der Waals surface area (Å²) in [7, 11) is 1.89. The van der Waals surface area contributed by atoms with Crippen molar-refractivity contribution in [2.24, 2.45) is 13.0 Å². The maximum atomic E-state index is 12.5. The fraction of sp³-hybridized carbons (Fsp3) is 0.526. The van der Waals surface area contributed by atoms with E-state index < -0.39 is 0 Å². The molecule has 0 aromatic carbocycles. The van der Waals surface area contributed by atoms with Crippen LogP contribution in [0.2, 0.25) is 0 Å². The van der Waals surface area contributed by atoms with Gasteiger partial charge in [0.2, 0.25) is 5.95 Å². The van der Waals surface area contributed by atoms with Gasteiger partial charge in [-0.1, -0.05) is 25.7 Å². The van der Waals surface area contributed by atoms with E-state index >= 15 is 0 Å². The third-order valence-electron chi connectivity index (χ3n) is 5.61. The lowest BCUT2D eigenvalue weighted by atomic mass is 10.0. The van der Waals surface area contributed by atoms with Crippen molar-refractivity contribution in [1.82, 2.24) is 35.2 Å². The molecule has 3 heterocycles. The van der Waals surface area contributed by atoms with E-state index in [1.165, 1.54) is 25.7 Å². The Bertz CT molecular complexity index is 976. The fourth-order valence-corrected chi connectivity index (χ4v) is 3.98. The van der Waals surface area contributed by atoms with Crippen LogP contribution in [0.3, 0.4) is 0 Å². The van der Waals surface area contributed by atoms with E-state index in [2.05, 4.69) is 35.8 Å². The second-order valence-electron chi connectivity index (χ2n) is 7.59. The Labute approximate surface area is 163 Å². The van der Waals surface area contributed by atoms with Crippen LogP contribution >= 0.6 is 0 Å². The number of nitrogens with one attached hydrogen (secondary N) is 3. The van der Waals surface area contributed by atoms with Crippen molar-refractivity contribution in [3.05, 3.63) is 29.0 Å². The minimum Gasteiger partial charge on any atom is -0.288 e. The smallest absolute Gasteiger partial charge is 0.276 e. The van der Waals surface area contributed by atoms with Gasteiger partial charge in [0.15, 0.2) is 0 Å². The number of amides is 1. The first-order chi connectivity index (χ1) is 13.5. The number of hydrogen-bond acceptors (Lipinski definition) is 5. The molecule has 0 saturated heterocycles. The van der Waals surface area contributed by atoms with E-state index in [9.17, 15) is 4.79 Å². The van der Waals surface area contributed by atoms with E-state index in [4.69, 9.17) is 0 Å². The normalized spacial score (nSPS) is 14.7. The fourth-order valence-electron chi connectivity index (χ4n) is 3.98. The van der Waals surface area contributed by atoms with Gasteiger partial charge in [-0.05, 0) is 32.3 Å². The van der Waals surface area contributed by atoms with Crippen LogP contribution in [0.1, 0.15) is 59.8 Å². The summed E-state index contributed by atoms with van der Waals surface area (Å²) in [5.41, 5.74) is 3.86. The van der Waals surface area contributed by atoms with E-state index in [-0.39, 0.29) is 11.9 Å². The van der Waals surface area contributed by atoms with Crippen molar-refractivity contribution in [2.75, 3.05) is 5.32 Å². The van der Waals surface area contributed by atoms with Crippen LogP contribution in [0.4, 0.5) is 5.95 Å². The largest absolute Gasteiger partial charge is 0.288 e. The number of carbonyl (C=O) groups excluding carboxylic acids is 1. The minimum atomic E-state index is -0.320. The summed E-state index contributed by atoms with van der Waals surface area (Å²) < 4.78 is 1.81. The van der Waals surface area contributed by atoms with Gasteiger partial charge in [-0.3, -0.25) is 25.0 Å². The van der Waals surface area contributed by atoms with E-state index in [0.29, 0.717) is 11.4 Å². The molecule has 1 aliphatic rings. The molecule has 1 aliphatic carbocycles. The summed E-state index contributed by atoms with van der Waals surface area (Å²) in [6.45, 7) is 3.90. The number of aromatic amines is 2. The molecule has 0 aliphatic heterocycles. The zero-order chi connectivity index (χ0) is 19.7. The molecular formula is C19H26N8O. The second-order valence-corrected chi connectivity index (χ2v) is 7.59. The summed E-state index contributed by atoms with van der Waals surface area (Å²) in [6, 6.07) is 1.72. The Hall–Kier alpha value is -2.97. The number of rotatable bonds is 6. The Morgan fingerprint density at radius 2 is 2.04 bits per heavy atom. The van der Waals surface area contributed by atoms with Crippen molar-refractivity contribution in [3.8, 4) is 11.3 Å². The molecule has 0 atom stereocenters. The Morgan fingerprint density at radius 3 is 2.75 bits per heavy atom. The first-order valence-electron chi connectivity index (χ1n) is 9.80. The Kier molecular flexibility index (Phi) is 4.97. The van der Waals surface area contributed by atoms with Crippen LogP contribution in [0.15, 0.2) is 6.07 Å². The van der Waals surface area contributed by atoms with Gasteiger partial charge in [0.1, 0.15) is 11.5 Å². The molecule has 28 heavy (non-hydrogen) atoms. The van der Waals surface area contributed by atoms with Crippen LogP contribution in [0, 0.1) is 19.8 Å². The van der Waals surface area contributed by atoms with Gasteiger partial charge >= 0.3 is 0 Å². The molecule has 1 saturated carbocycles. The summed E-state index contributed by atoms with van der Waals surface area (Å²) in [5, 5.41) is 21.2. The number of H-pyrrole nitrogens is 2. The standard InChI is InChI=1S/C19H26N8O/c1-11-17(12(2)27(3)26-11)14-10-15(23-22-14)18(28)21-19-20-16(24-25-19)9-8-13-6-4-5-7-13/h10,13H,4-9H2,1-3H3,(H,22,23)(H2,20,21,24,25,28). The van der Waals surface area contributed by atoms with Crippen molar-refractivity contribution >= 4 is 11.9 Å². The summed E-state index contributed by atoms with van der Waals surface area (Å²) in [5.74, 6) is 1.58. The summed E-state index contributed by atoms with van der Waals surface area (Å²) >= 11 is 0. The molecule has 0 unspecified atom stereocenters. The van der Waals surface area contributed by atoms with Gasteiger partial charge in [0, 0.05) is 24.7 Å². The van der Waals surface area contributed by atoms with E-state index in [1.54, 1.807) is 10.7 Å². The first kappa shape index (κ1) is 18.4. The first-order valence-corrected chi connectivity index (χ1v) is 9.80. The second kappa shape index (κ2) is 7.57. The SMILES string of the molecule is Cc1nn(C)c(C)c1-c1cc(C(=O)Nc2n[nH]c(CCC3CCCC3)n2)[nH]n1. The molecule has 1 amide bonds. The van der Waals surface area contributed by atoms with Gasteiger partial charge in [-0.15, -0.1) is 5.10 Å². The van der Waals surface area contributed by atoms with Gasteiger partial charge in [-0.25, -0.2) is 0 Å². The molecule has 9 nitrogen and oxygen atoms in total. The third kappa shape index (κ3) is 3.69. The number of anilines is 1. The quantitative estimate of drug-likeness (QED) is 0.606. The molecule has 1 fully saturated rings. The van der Waals surface area contributed by atoms with Gasteiger partial charge in [-0.2, -0.15) is 15.2 Å². The lowest BCUT2D eigenvalue weighted by Crippen LogP contribution is -2.13. The number of aromatic nitrogens is 7. The van der Waals surface area contributed by atoms with Gasteiger partial charge in [0.25, 0.3) is 5.91 Å². The third-order valence-corrected chi connectivity index (χ3v) is 5.61. The summed E-state index contributed by atoms with van der Waals surface area (Å²) in [4.78, 5) is 16.9. The van der Waals surface area contributed by atoms with Crippen LogP contribution in [0.25, 0.3) is 11.3 Å². The van der Waals surface area contributed by atoms with E-state index in [1.807, 2.05) is 20.9 Å². The maximum Gasteiger partial charge on any atom is 0.276 e. The molecule has 0 bridgehead atoms. The highest BCUT2D eigenvalue weighted by atomic mass is 16.2. The van der Waals surface area contributed by atoms with Crippen molar-refractivity contribution < 1.29 is 4.79 Å². The molecule has 3 aromatic heterocycles. The van der Waals surface area contributed by atoms with Crippen LogP contribution < -0.4 is 5.32 Å². The number of aryl methyl sites for hydroxylation is 3. The van der Waals surface area contributed by atoms with Crippen molar-refractivity contribution in [2.45, 2.75) is 52.4 Å². The molecule has 0 radical (unpaired) electrons. The Morgan fingerprint density at radius 1 is 1.25 bits per heavy atom. The monoisotopic (exact) mass is 382 g/mol. The number of carbonyl (C=O) groups is 1. The predicted molar refractivity (Wildman–Crippen MR) is 105 cm³/mol. The Balaban J connectivity index is 1.40. The average Bonchev–Trinajstić information content (AvgIpc) is 3.43. The molecular weight excluding hydrogens is 356 g/mol. The van der Waals surface area contributed by atoms with Gasteiger partial charge in [0.05, 0.1) is 11.4 Å². The lowest BCUT2D eigenvalue weighted by molar-refractivity contribution is 0.102. The van der Waals surface area contributed by atoms with Gasteiger partial charge < -0.3 is 0 Å². The molecule has 148 valence electrons. The topological polar surface area (TPSA) is 117 Å². The zero-order valence-electron chi connectivity index (χ0n) is 16.5. The molecule has 0 spiro atoms. The number of hydrogen-bond donors (Lipinski definition) is 3. The summed E-state index contributed by atoms with van der Waals surface area (Å²) in [6.07, 6.45) is 7.29. The average molecular weight is 382 g/mol. The molecule has 3 N–H and O–H groups in total. The molecule has 3 aromatic rings. The minimum absolute atomic E-state index is 0.288. The molecule has 4 rings (SSSR count). The van der Waals surface area contributed by atoms with Crippen LogP contribution in [-0.2, 0) is 13.5 Å². The predicted octanol–water partition coefficient (Wildman–Crippen LogP) is 2.92. The maximum absolute atomic E-state index is 12.5. The molecule has 9 heteroatoms. The van der Waals surface area contributed by atoms with Crippen molar-refractivity contribution in [3.63, 3.8) is 0 Å². The van der Waals surface area contributed by atoms with Crippen LogP contribution in [-0.4, -0.2) is 41.1 Å². The van der Waals surface area contributed by atoms with Crippen LogP contribution in [0.5, 0.6) is 0 Å². The lowest BCUT2D eigenvalue weighted by Gasteiger charge is -2.05. The highest BCUT2D eigenvalue weighted by Crippen LogP contribution is 2.28. The highest BCUT2D eigenvalue weighted by Gasteiger charge is 2.19. The van der Waals surface area contributed by atoms with E-state index in [0.717, 1.165) is 41.5 Å². The number of nitrogens with zero attached hydrogens (tertiary/aromatic N) is 5. The zero-order valence-corrected chi connectivity index (χ0v) is 16.5. The van der Waals surface area contributed by atoms with Crippen molar-refractivity contribution in [1.29, 1.82) is 0 Å². The highest BCUT2D eigenvalue weighted by molar-refractivity contribution is 6.02.